The first-order chi connectivity index (χ1) is 9.70. The van der Waals surface area contributed by atoms with E-state index in [-0.39, 0.29) is 5.97 Å². The fourth-order valence-electron chi connectivity index (χ4n) is 4.51. The second kappa shape index (κ2) is 5.27. The van der Waals surface area contributed by atoms with Crippen molar-refractivity contribution in [3.05, 3.63) is 23.5 Å². The number of esters is 1. The summed E-state index contributed by atoms with van der Waals surface area (Å²) in [5.41, 5.74) is 1.85. The molecule has 0 aromatic heterocycles. The van der Waals surface area contributed by atoms with Gasteiger partial charge in [0.05, 0.1) is 19.0 Å². The summed E-state index contributed by atoms with van der Waals surface area (Å²) in [4.78, 5) is 11.5. The first-order valence-electron chi connectivity index (χ1n) is 7.88. The van der Waals surface area contributed by atoms with Crippen LogP contribution in [-0.4, -0.2) is 19.2 Å². The first-order valence-corrected chi connectivity index (χ1v) is 7.88. The van der Waals surface area contributed by atoms with Gasteiger partial charge in [-0.3, -0.25) is 0 Å². The minimum atomic E-state index is -0.210. The predicted molar refractivity (Wildman–Crippen MR) is 76.9 cm³/mol. The summed E-state index contributed by atoms with van der Waals surface area (Å²) in [6.07, 6.45) is 9.89. The molecule has 0 N–H and O–H groups in total. The van der Waals surface area contributed by atoms with Crippen molar-refractivity contribution in [3.63, 3.8) is 0 Å². The topological polar surface area (TPSA) is 35.5 Å². The van der Waals surface area contributed by atoms with E-state index in [1.165, 1.54) is 31.3 Å². The number of ether oxygens (including phenoxy) is 2. The first kappa shape index (κ1) is 13.7. The highest BCUT2D eigenvalue weighted by Gasteiger charge is 2.67. The second-order valence-corrected chi connectivity index (χ2v) is 6.16. The molecule has 2 fully saturated rings. The van der Waals surface area contributed by atoms with Crippen LogP contribution in [-0.2, 0) is 14.3 Å². The lowest BCUT2D eigenvalue weighted by molar-refractivity contribution is -0.137. The van der Waals surface area contributed by atoms with Gasteiger partial charge < -0.3 is 9.47 Å². The van der Waals surface area contributed by atoms with Crippen molar-refractivity contribution in [2.45, 2.75) is 46.0 Å². The zero-order chi connectivity index (χ0) is 14.2. The Hall–Kier alpha value is -1.25. The van der Waals surface area contributed by atoms with E-state index < -0.39 is 0 Å². The summed E-state index contributed by atoms with van der Waals surface area (Å²) in [6.45, 7) is 5.26. The zero-order valence-electron chi connectivity index (χ0n) is 12.5. The van der Waals surface area contributed by atoms with Crippen molar-refractivity contribution in [2.75, 3.05) is 13.2 Å². The van der Waals surface area contributed by atoms with Gasteiger partial charge in [-0.15, -0.1) is 0 Å². The number of carbonyl (C=O) groups is 1. The third kappa shape index (κ3) is 2.07. The van der Waals surface area contributed by atoms with E-state index in [1.807, 2.05) is 6.92 Å². The van der Waals surface area contributed by atoms with Gasteiger partial charge in [0, 0.05) is 11.5 Å². The van der Waals surface area contributed by atoms with E-state index in [9.17, 15) is 4.79 Å². The summed E-state index contributed by atoms with van der Waals surface area (Å²) in [7, 11) is 0. The molecule has 2 saturated carbocycles. The molecule has 2 aliphatic carbocycles. The van der Waals surface area contributed by atoms with Gasteiger partial charge in [-0.1, -0.05) is 12.5 Å². The van der Waals surface area contributed by atoms with Crippen LogP contribution in [0.2, 0.25) is 0 Å². The minimum absolute atomic E-state index is 0.210. The summed E-state index contributed by atoms with van der Waals surface area (Å²) >= 11 is 0. The summed E-state index contributed by atoms with van der Waals surface area (Å²) < 4.78 is 10.8. The lowest BCUT2D eigenvalue weighted by Crippen LogP contribution is -2.15. The fraction of sp³-hybridized carbons (Fsp3) is 0.706. The third-order valence-corrected chi connectivity index (χ3v) is 5.29. The molecule has 3 aliphatic rings. The Morgan fingerprint density at radius 3 is 3.10 bits per heavy atom. The quantitative estimate of drug-likeness (QED) is 0.581. The molecule has 1 aliphatic heterocycles. The van der Waals surface area contributed by atoms with Crippen molar-refractivity contribution in [3.8, 4) is 0 Å². The molecular weight excluding hydrogens is 252 g/mol. The van der Waals surface area contributed by atoms with Crippen molar-refractivity contribution in [1.29, 1.82) is 0 Å². The minimum Gasteiger partial charge on any atom is -0.498 e. The second-order valence-electron chi connectivity index (χ2n) is 6.16. The molecule has 0 spiro atoms. The van der Waals surface area contributed by atoms with Crippen LogP contribution in [0.3, 0.4) is 0 Å². The van der Waals surface area contributed by atoms with Crippen molar-refractivity contribution in [1.82, 2.24) is 0 Å². The maximum Gasteiger partial charge on any atom is 0.330 e. The van der Waals surface area contributed by atoms with Gasteiger partial charge in [-0.25, -0.2) is 4.79 Å². The molecule has 20 heavy (non-hydrogen) atoms. The van der Waals surface area contributed by atoms with Crippen LogP contribution in [0.1, 0.15) is 46.0 Å². The van der Waals surface area contributed by atoms with Gasteiger partial charge >= 0.3 is 5.97 Å². The largest absolute Gasteiger partial charge is 0.498 e. The molecule has 3 rings (SSSR count). The van der Waals surface area contributed by atoms with Gasteiger partial charge in [-0.2, -0.15) is 0 Å². The lowest BCUT2D eigenvalue weighted by atomic mass is 9.85. The van der Waals surface area contributed by atoms with Gasteiger partial charge in [-0.05, 0) is 56.9 Å². The molecule has 0 aromatic carbocycles. The van der Waals surface area contributed by atoms with Crippen LogP contribution in [0.25, 0.3) is 0 Å². The van der Waals surface area contributed by atoms with Crippen LogP contribution in [0.4, 0.5) is 0 Å². The van der Waals surface area contributed by atoms with Gasteiger partial charge in [0.2, 0.25) is 0 Å². The predicted octanol–water partition coefficient (Wildman–Crippen LogP) is 3.61. The Morgan fingerprint density at radius 1 is 1.50 bits per heavy atom. The molecule has 1 heterocycles. The molecule has 3 atom stereocenters. The molecule has 0 saturated heterocycles. The van der Waals surface area contributed by atoms with Gasteiger partial charge in [0.15, 0.2) is 0 Å². The highest BCUT2D eigenvalue weighted by molar-refractivity contribution is 5.82. The lowest BCUT2D eigenvalue weighted by Gasteiger charge is -2.26. The molecule has 0 bridgehead atoms. The number of fused-ring (bicyclic) bond motifs is 1. The third-order valence-electron chi connectivity index (χ3n) is 5.29. The molecule has 0 radical (unpaired) electrons. The SMILES string of the molecule is CCOC(=O)/C=C/[C@@H]1[C@H]2CCC[C@@]12C1=C(C)OCCC1. The molecule has 0 aromatic rings. The number of hydrogen-bond acceptors (Lipinski definition) is 3. The summed E-state index contributed by atoms with van der Waals surface area (Å²) in [6, 6.07) is 0. The summed E-state index contributed by atoms with van der Waals surface area (Å²) in [5, 5.41) is 0. The van der Waals surface area contributed by atoms with Crippen molar-refractivity contribution < 1.29 is 14.3 Å². The molecule has 3 heteroatoms. The van der Waals surface area contributed by atoms with E-state index in [0.717, 1.165) is 24.7 Å². The van der Waals surface area contributed by atoms with E-state index in [4.69, 9.17) is 9.47 Å². The standard InChI is InChI=1S/C17H24O3/c1-3-19-16(18)9-8-15-14-6-4-10-17(14,15)13-7-5-11-20-12(13)2/h8-9,14-15H,3-7,10-11H2,1-2H3/b9-8+/t14-,15-,17+/m1/s1. The van der Waals surface area contributed by atoms with Crippen LogP contribution < -0.4 is 0 Å². The van der Waals surface area contributed by atoms with Crippen molar-refractivity contribution in [2.24, 2.45) is 17.3 Å². The maximum atomic E-state index is 11.5. The highest BCUT2D eigenvalue weighted by atomic mass is 16.5. The molecule has 0 unspecified atom stereocenters. The zero-order valence-corrected chi connectivity index (χ0v) is 12.5. The average Bonchev–Trinajstić information content (AvgIpc) is 2.83. The molecular formula is C17H24O3. The Morgan fingerprint density at radius 2 is 2.35 bits per heavy atom. The molecule has 0 amide bonds. The van der Waals surface area contributed by atoms with Crippen LogP contribution in [0, 0.1) is 17.3 Å². The van der Waals surface area contributed by atoms with E-state index in [2.05, 4.69) is 13.0 Å². The van der Waals surface area contributed by atoms with Crippen LogP contribution >= 0.6 is 0 Å². The Kier molecular flexibility index (Phi) is 3.61. The van der Waals surface area contributed by atoms with Crippen LogP contribution in [0.5, 0.6) is 0 Å². The number of carbonyl (C=O) groups excluding carboxylic acids is 1. The monoisotopic (exact) mass is 276 g/mol. The Bertz CT molecular complexity index is 463. The summed E-state index contributed by atoms with van der Waals surface area (Å²) in [5.74, 6) is 2.18. The highest BCUT2D eigenvalue weighted by Crippen LogP contribution is 2.73. The molecule has 110 valence electrons. The Labute approximate surface area is 121 Å². The maximum absolute atomic E-state index is 11.5. The van der Waals surface area contributed by atoms with E-state index >= 15 is 0 Å². The molecule has 3 nitrogen and oxygen atoms in total. The van der Waals surface area contributed by atoms with Gasteiger partial charge in [0.25, 0.3) is 0 Å². The average molecular weight is 276 g/mol. The Balaban J connectivity index is 1.77. The number of hydrogen-bond donors (Lipinski definition) is 0. The van der Waals surface area contributed by atoms with E-state index in [1.54, 1.807) is 6.08 Å². The number of rotatable bonds is 4. The smallest absolute Gasteiger partial charge is 0.330 e. The van der Waals surface area contributed by atoms with Gasteiger partial charge in [0.1, 0.15) is 0 Å². The van der Waals surface area contributed by atoms with Crippen LogP contribution in [0.15, 0.2) is 23.5 Å². The number of allylic oxidation sites excluding steroid dienone is 3. The normalized spacial score (nSPS) is 35.9. The van der Waals surface area contributed by atoms with Crippen molar-refractivity contribution >= 4 is 5.97 Å². The van der Waals surface area contributed by atoms with E-state index in [0.29, 0.717) is 17.9 Å². The fourth-order valence-corrected chi connectivity index (χ4v) is 4.51.